The molecule has 0 spiro atoms. The second-order valence-corrected chi connectivity index (χ2v) is 8.06. The lowest BCUT2D eigenvalue weighted by Crippen LogP contribution is -2.50. The fourth-order valence-corrected chi connectivity index (χ4v) is 5.43. The zero-order chi connectivity index (χ0) is 14.1. The Kier molecular flexibility index (Phi) is 4.72. The molecule has 0 aromatic heterocycles. The first kappa shape index (κ1) is 14.8. The molecule has 2 saturated heterocycles. The molecule has 0 amide bonds. The fourth-order valence-electron chi connectivity index (χ4n) is 5.43. The van der Waals surface area contributed by atoms with Gasteiger partial charge >= 0.3 is 0 Å². The quantitative estimate of drug-likeness (QED) is 0.761. The minimum Gasteiger partial charge on any atom is -0.303 e. The molecule has 2 nitrogen and oxygen atoms in total. The smallest absolute Gasteiger partial charge is 0.0126 e. The second-order valence-electron chi connectivity index (χ2n) is 8.06. The van der Waals surface area contributed by atoms with Crippen LogP contribution in [0.1, 0.15) is 58.3 Å². The highest BCUT2D eigenvalue weighted by molar-refractivity contribution is 4.94. The predicted molar refractivity (Wildman–Crippen MR) is 85.9 cm³/mol. The van der Waals surface area contributed by atoms with E-state index in [-0.39, 0.29) is 0 Å². The Morgan fingerprint density at radius 2 is 1.70 bits per heavy atom. The molecule has 0 aromatic carbocycles. The highest BCUT2D eigenvalue weighted by Crippen LogP contribution is 2.44. The van der Waals surface area contributed by atoms with Crippen molar-refractivity contribution in [2.24, 2.45) is 17.8 Å². The first-order chi connectivity index (χ1) is 9.65. The van der Waals surface area contributed by atoms with Crippen LogP contribution in [0.5, 0.6) is 0 Å². The molecule has 0 radical (unpaired) electrons. The van der Waals surface area contributed by atoms with E-state index in [2.05, 4.69) is 30.8 Å². The number of rotatable bonds is 2. The molecule has 5 unspecified atom stereocenters. The number of fused-ring (bicyclic) bond motifs is 1. The molecular formula is C18H34N2. The summed E-state index contributed by atoms with van der Waals surface area (Å²) in [5.74, 6) is 2.94. The largest absolute Gasteiger partial charge is 0.303 e. The van der Waals surface area contributed by atoms with Crippen molar-refractivity contribution in [1.82, 2.24) is 9.80 Å². The van der Waals surface area contributed by atoms with Crippen molar-refractivity contribution in [3.8, 4) is 0 Å². The van der Waals surface area contributed by atoms with Crippen molar-refractivity contribution in [3.05, 3.63) is 0 Å². The van der Waals surface area contributed by atoms with E-state index >= 15 is 0 Å². The normalized spacial score (nSPS) is 44.2. The van der Waals surface area contributed by atoms with Gasteiger partial charge in [-0.05, 0) is 89.9 Å². The summed E-state index contributed by atoms with van der Waals surface area (Å²) in [5.41, 5.74) is 0. The van der Waals surface area contributed by atoms with E-state index in [9.17, 15) is 0 Å². The van der Waals surface area contributed by atoms with E-state index in [1.807, 2.05) is 0 Å². The Morgan fingerprint density at radius 1 is 0.900 bits per heavy atom. The highest BCUT2D eigenvalue weighted by atomic mass is 15.1. The molecule has 0 bridgehead atoms. The van der Waals surface area contributed by atoms with Crippen LogP contribution in [-0.2, 0) is 0 Å². The zero-order valence-corrected chi connectivity index (χ0v) is 13.9. The van der Waals surface area contributed by atoms with Crippen molar-refractivity contribution >= 4 is 0 Å². The van der Waals surface area contributed by atoms with Gasteiger partial charge in [-0.3, -0.25) is 0 Å². The van der Waals surface area contributed by atoms with Crippen LogP contribution < -0.4 is 0 Å². The third-order valence-corrected chi connectivity index (χ3v) is 6.56. The molecule has 0 aromatic rings. The summed E-state index contributed by atoms with van der Waals surface area (Å²) in [6.07, 6.45) is 11.7. The highest BCUT2D eigenvalue weighted by Gasteiger charge is 2.41. The molecule has 3 rings (SSSR count). The van der Waals surface area contributed by atoms with Crippen molar-refractivity contribution in [2.75, 3.05) is 27.2 Å². The van der Waals surface area contributed by atoms with Crippen molar-refractivity contribution in [2.45, 2.75) is 70.4 Å². The first-order valence-corrected chi connectivity index (χ1v) is 9.05. The Bertz CT molecular complexity index is 317. The lowest BCUT2D eigenvalue weighted by Gasteiger charge is -2.50. The molecule has 1 saturated carbocycles. The average molecular weight is 278 g/mol. The average Bonchev–Trinajstić information content (AvgIpc) is 2.42. The lowest BCUT2D eigenvalue weighted by molar-refractivity contribution is 0.00592. The van der Waals surface area contributed by atoms with Gasteiger partial charge in [-0.15, -0.1) is 0 Å². The van der Waals surface area contributed by atoms with Crippen LogP contribution in [0.15, 0.2) is 0 Å². The van der Waals surface area contributed by atoms with E-state index in [1.54, 1.807) is 0 Å². The van der Waals surface area contributed by atoms with E-state index in [0.29, 0.717) is 0 Å². The van der Waals surface area contributed by atoms with Crippen LogP contribution in [0, 0.1) is 17.8 Å². The molecule has 5 atom stereocenters. The molecule has 3 aliphatic rings. The molecule has 20 heavy (non-hydrogen) atoms. The number of piperidine rings is 2. The summed E-state index contributed by atoms with van der Waals surface area (Å²) >= 11 is 0. The lowest BCUT2D eigenvalue weighted by atomic mass is 9.65. The van der Waals surface area contributed by atoms with Gasteiger partial charge in [0.25, 0.3) is 0 Å². The van der Waals surface area contributed by atoms with E-state index < -0.39 is 0 Å². The monoisotopic (exact) mass is 278 g/mol. The summed E-state index contributed by atoms with van der Waals surface area (Å²) in [6.45, 7) is 5.17. The summed E-state index contributed by atoms with van der Waals surface area (Å²) in [6, 6.07) is 1.78. The number of hydrogen-bond acceptors (Lipinski definition) is 2. The van der Waals surface area contributed by atoms with E-state index in [0.717, 1.165) is 29.8 Å². The second kappa shape index (κ2) is 6.36. The Labute approximate surface area is 125 Å². The molecular weight excluding hydrogens is 244 g/mol. The predicted octanol–water partition coefficient (Wildman–Crippen LogP) is 3.62. The topological polar surface area (TPSA) is 6.48 Å². The number of hydrogen-bond donors (Lipinski definition) is 0. The molecule has 3 fully saturated rings. The maximum Gasteiger partial charge on any atom is 0.0126 e. The van der Waals surface area contributed by atoms with Crippen molar-refractivity contribution < 1.29 is 0 Å². The zero-order valence-electron chi connectivity index (χ0n) is 13.9. The standard InChI is InChI=1S/C18H34N2/c1-14-11-15(13-16-7-4-5-9-19(16)2)17-8-6-10-20(3)18(17)12-14/h14-18H,4-13H2,1-3H3. The van der Waals surface area contributed by atoms with E-state index in [1.165, 1.54) is 64.5 Å². The minimum absolute atomic E-state index is 0.881. The van der Waals surface area contributed by atoms with Gasteiger partial charge in [-0.2, -0.15) is 0 Å². The fraction of sp³-hybridized carbons (Fsp3) is 1.00. The third kappa shape index (κ3) is 3.06. The molecule has 2 heterocycles. The maximum atomic E-state index is 2.68. The van der Waals surface area contributed by atoms with Gasteiger partial charge in [0.2, 0.25) is 0 Å². The minimum atomic E-state index is 0.881. The Morgan fingerprint density at radius 3 is 2.50 bits per heavy atom. The maximum absolute atomic E-state index is 2.68. The van der Waals surface area contributed by atoms with Gasteiger partial charge in [0.1, 0.15) is 0 Å². The van der Waals surface area contributed by atoms with Crippen LogP contribution in [0.4, 0.5) is 0 Å². The molecule has 2 aliphatic heterocycles. The van der Waals surface area contributed by atoms with Gasteiger partial charge in [0.05, 0.1) is 0 Å². The third-order valence-electron chi connectivity index (χ3n) is 6.56. The summed E-state index contributed by atoms with van der Waals surface area (Å²) < 4.78 is 0. The van der Waals surface area contributed by atoms with Gasteiger partial charge < -0.3 is 9.80 Å². The number of likely N-dealkylation sites (tertiary alicyclic amines) is 2. The van der Waals surface area contributed by atoms with Crippen molar-refractivity contribution in [1.29, 1.82) is 0 Å². The Hall–Kier alpha value is -0.0800. The summed E-state index contributed by atoms with van der Waals surface area (Å²) in [4.78, 5) is 5.34. The molecule has 0 N–H and O–H groups in total. The van der Waals surface area contributed by atoms with Crippen LogP contribution in [0.25, 0.3) is 0 Å². The molecule has 1 aliphatic carbocycles. The van der Waals surface area contributed by atoms with Crippen LogP contribution in [0.2, 0.25) is 0 Å². The Balaban J connectivity index is 1.67. The van der Waals surface area contributed by atoms with Crippen LogP contribution >= 0.6 is 0 Å². The van der Waals surface area contributed by atoms with Crippen LogP contribution in [-0.4, -0.2) is 49.1 Å². The SMILES string of the molecule is CC1CC(CC2CCCCN2C)C2CCCN(C)C2C1. The first-order valence-electron chi connectivity index (χ1n) is 9.05. The number of nitrogens with zero attached hydrogens (tertiary/aromatic N) is 2. The summed E-state index contributed by atoms with van der Waals surface area (Å²) in [5, 5.41) is 0. The van der Waals surface area contributed by atoms with Crippen LogP contribution in [0.3, 0.4) is 0 Å². The van der Waals surface area contributed by atoms with Gasteiger partial charge in [-0.1, -0.05) is 13.3 Å². The summed E-state index contributed by atoms with van der Waals surface area (Å²) in [7, 11) is 4.74. The van der Waals surface area contributed by atoms with Crippen molar-refractivity contribution in [3.63, 3.8) is 0 Å². The van der Waals surface area contributed by atoms with Gasteiger partial charge in [0, 0.05) is 12.1 Å². The van der Waals surface area contributed by atoms with E-state index in [4.69, 9.17) is 0 Å². The van der Waals surface area contributed by atoms with Gasteiger partial charge in [0.15, 0.2) is 0 Å². The molecule has 2 heteroatoms. The van der Waals surface area contributed by atoms with Gasteiger partial charge in [-0.25, -0.2) is 0 Å². The molecule has 116 valence electrons.